The van der Waals surface area contributed by atoms with Crippen LogP contribution in [0, 0.1) is 6.92 Å². The average molecular weight is 460 g/mol. The van der Waals surface area contributed by atoms with Crippen molar-refractivity contribution in [3.05, 3.63) is 76.5 Å². The number of alkyl halides is 3. The van der Waals surface area contributed by atoms with E-state index in [2.05, 4.69) is 10.3 Å². The van der Waals surface area contributed by atoms with Crippen LogP contribution < -0.4 is 11.0 Å². The smallest absolute Gasteiger partial charge is 0.446 e. The minimum Gasteiger partial charge on any atom is -0.493 e. The molecule has 0 unspecified atom stereocenters. The van der Waals surface area contributed by atoms with Crippen molar-refractivity contribution in [2.45, 2.75) is 23.9 Å². The fourth-order valence-corrected chi connectivity index (χ4v) is 4.14. The van der Waals surface area contributed by atoms with Crippen molar-refractivity contribution in [1.82, 2.24) is 14.1 Å². The molecule has 166 valence electrons. The van der Waals surface area contributed by atoms with Crippen LogP contribution in [0.3, 0.4) is 0 Å². The third-order valence-electron chi connectivity index (χ3n) is 5.15. The normalized spacial score (nSPS) is 11.8. The van der Waals surface area contributed by atoms with E-state index >= 15 is 0 Å². The first-order valence-corrected chi connectivity index (χ1v) is 10.4. The zero-order valence-corrected chi connectivity index (χ0v) is 18.0. The third kappa shape index (κ3) is 4.05. The highest BCUT2D eigenvalue weighted by Crippen LogP contribution is 2.37. The number of hydrogen-bond donors (Lipinski definition) is 2. The number of aromatic nitrogens is 3. The van der Waals surface area contributed by atoms with E-state index in [9.17, 15) is 23.1 Å². The van der Waals surface area contributed by atoms with Gasteiger partial charge in [-0.05, 0) is 60.6 Å². The lowest BCUT2D eigenvalue weighted by atomic mass is 10.1. The van der Waals surface area contributed by atoms with E-state index < -0.39 is 11.2 Å². The van der Waals surface area contributed by atoms with Gasteiger partial charge in [0.25, 0.3) is 0 Å². The molecule has 0 atom stereocenters. The van der Waals surface area contributed by atoms with Crippen molar-refractivity contribution >= 4 is 28.4 Å². The van der Waals surface area contributed by atoms with Gasteiger partial charge in [0.15, 0.2) is 0 Å². The summed E-state index contributed by atoms with van der Waals surface area (Å²) in [5, 5.41) is 14.6. The van der Waals surface area contributed by atoms with Gasteiger partial charge in [0.05, 0.1) is 29.1 Å². The van der Waals surface area contributed by atoms with Gasteiger partial charge < -0.3 is 10.4 Å². The van der Waals surface area contributed by atoms with Crippen LogP contribution in [0.1, 0.15) is 11.3 Å². The van der Waals surface area contributed by atoms with Gasteiger partial charge in [-0.3, -0.25) is 9.55 Å². The molecule has 2 aromatic carbocycles. The Hall–Kier alpha value is -3.40. The molecule has 0 fully saturated rings. The van der Waals surface area contributed by atoms with Crippen molar-refractivity contribution in [3.63, 3.8) is 0 Å². The van der Waals surface area contributed by atoms with Crippen molar-refractivity contribution < 1.29 is 18.3 Å². The number of nitrogens with zero attached hydrogens (tertiary/aromatic N) is 3. The van der Waals surface area contributed by atoms with Crippen molar-refractivity contribution in [2.24, 2.45) is 0 Å². The van der Waals surface area contributed by atoms with E-state index in [1.165, 1.54) is 28.8 Å². The van der Waals surface area contributed by atoms with Gasteiger partial charge in [-0.1, -0.05) is 12.1 Å². The minimum atomic E-state index is -4.40. The van der Waals surface area contributed by atoms with Gasteiger partial charge >= 0.3 is 11.2 Å². The van der Waals surface area contributed by atoms with Gasteiger partial charge in [-0.2, -0.15) is 13.2 Å². The lowest BCUT2D eigenvalue weighted by Gasteiger charge is -2.10. The Morgan fingerprint density at radius 3 is 2.50 bits per heavy atom. The molecule has 0 radical (unpaired) electrons. The molecular formula is C22H19F3N4O2S. The zero-order chi connectivity index (χ0) is 23.0. The molecule has 2 heterocycles. The molecule has 0 aliphatic rings. The first-order chi connectivity index (χ1) is 15.2. The number of hydrogen-bond acceptors (Lipinski definition) is 5. The maximum absolute atomic E-state index is 13.1. The Morgan fingerprint density at radius 1 is 1.12 bits per heavy atom. The topological polar surface area (TPSA) is 72.1 Å². The molecule has 0 saturated heterocycles. The van der Waals surface area contributed by atoms with Crippen LogP contribution in [-0.4, -0.2) is 31.8 Å². The predicted octanol–water partition coefficient (Wildman–Crippen LogP) is 4.90. The molecule has 0 aliphatic carbocycles. The standard InChI is InChI=1S/C22H19F3N4O2S/c1-13-20(30)29(15-6-8-16(9-7-15)32-22(23,24)25)21(31)28(13)12-14-10-11-27-19-17(14)4-3-5-18(19)26-2/h3-11,26,30H,12H2,1-2H3. The molecule has 4 aromatic rings. The number of benzene rings is 2. The molecule has 0 amide bonds. The first-order valence-electron chi connectivity index (χ1n) is 9.61. The average Bonchev–Trinajstić information content (AvgIpc) is 2.96. The van der Waals surface area contributed by atoms with E-state index in [1.54, 1.807) is 20.2 Å². The van der Waals surface area contributed by atoms with Gasteiger partial charge in [-0.25, -0.2) is 9.36 Å². The molecule has 0 bridgehead atoms. The van der Waals surface area contributed by atoms with Gasteiger partial charge in [0.1, 0.15) is 0 Å². The van der Waals surface area contributed by atoms with E-state index in [1.807, 2.05) is 24.3 Å². The third-order valence-corrected chi connectivity index (χ3v) is 5.89. The van der Waals surface area contributed by atoms with Crippen LogP contribution in [0.5, 0.6) is 5.88 Å². The Balaban J connectivity index is 1.74. The number of rotatable bonds is 5. The number of para-hydroxylation sites is 1. The number of aromatic hydroxyl groups is 1. The predicted molar refractivity (Wildman–Crippen MR) is 119 cm³/mol. The quantitative estimate of drug-likeness (QED) is 0.415. The maximum atomic E-state index is 13.1. The lowest BCUT2D eigenvalue weighted by molar-refractivity contribution is -0.0328. The summed E-state index contributed by atoms with van der Waals surface area (Å²) in [6.07, 6.45) is 1.66. The zero-order valence-electron chi connectivity index (χ0n) is 17.1. The highest BCUT2D eigenvalue weighted by Gasteiger charge is 2.29. The van der Waals surface area contributed by atoms with Crippen LogP contribution in [-0.2, 0) is 6.54 Å². The van der Waals surface area contributed by atoms with Crippen LogP contribution in [0.4, 0.5) is 18.9 Å². The van der Waals surface area contributed by atoms with Crippen LogP contribution in [0.25, 0.3) is 16.6 Å². The van der Waals surface area contributed by atoms with E-state index in [4.69, 9.17) is 0 Å². The highest BCUT2D eigenvalue weighted by molar-refractivity contribution is 8.00. The molecule has 4 rings (SSSR count). The fraction of sp³-hybridized carbons (Fsp3) is 0.182. The summed E-state index contributed by atoms with van der Waals surface area (Å²) < 4.78 is 40.2. The van der Waals surface area contributed by atoms with E-state index in [-0.39, 0.29) is 34.8 Å². The summed E-state index contributed by atoms with van der Waals surface area (Å²) in [7, 11) is 1.80. The Kier molecular flexibility index (Phi) is 5.64. The van der Waals surface area contributed by atoms with Crippen molar-refractivity contribution in [1.29, 1.82) is 0 Å². The number of thioether (sulfide) groups is 1. The lowest BCUT2D eigenvalue weighted by Crippen LogP contribution is -2.24. The van der Waals surface area contributed by atoms with E-state index in [0.29, 0.717) is 5.69 Å². The highest BCUT2D eigenvalue weighted by atomic mass is 32.2. The molecule has 0 saturated carbocycles. The SMILES string of the molecule is CNc1cccc2c(Cn3c(C)c(O)n(-c4ccc(SC(F)(F)F)cc4)c3=O)ccnc12. The van der Waals surface area contributed by atoms with Gasteiger partial charge in [-0.15, -0.1) is 0 Å². The molecule has 32 heavy (non-hydrogen) atoms. The number of nitrogens with one attached hydrogen (secondary N) is 1. The number of fused-ring (bicyclic) bond motifs is 1. The molecule has 2 N–H and O–H groups in total. The maximum Gasteiger partial charge on any atom is 0.446 e. The largest absolute Gasteiger partial charge is 0.493 e. The monoisotopic (exact) mass is 460 g/mol. The van der Waals surface area contributed by atoms with Crippen LogP contribution >= 0.6 is 11.8 Å². The Labute approximate surface area is 185 Å². The minimum absolute atomic E-state index is 0.00598. The Morgan fingerprint density at radius 2 is 1.84 bits per heavy atom. The summed E-state index contributed by atoms with van der Waals surface area (Å²) in [5.74, 6) is -0.263. The molecule has 0 spiro atoms. The van der Waals surface area contributed by atoms with Crippen molar-refractivity contribution in [3.8, 4) is 11.6 Å². The van der Waals surface area contributed by atoms with Gasteiger partial charge in [0, 0.05) is 23.5 Å². The summed E-state index contributed by atoms with van der Waals surface area (Å²) in [4.78, 5) is 17.6. The van der Waals surface area contributed by atoms with E-state index in [0.717, 1.165) is 26.7 Å². The number of pyridine rings is 1. The second-order valence-electron chi connectivity index (χ2n) is 7.08. The fourth-order valence-electron chi connectivity index (χ4n) is 3.60. The second-order valence-corrected chi connectivity index (χ2v) is 8.22. The number of halogens is 3. The second kappa shape index (κ2) is 8.27. The summed E-state index contributed by atoms with van der Waals surface area (Å²) in [6, 6.07) is 12.8. The molecule has 0 aliphatic heterocycles. The van der Waals surface area contributed by atoms with Crippen molar-refractivity contribution in [2.75, 3.05) is 12.4 Å². The van der Waals surface area contributed by atoms with Crippen LogP contribution in [0.2, 0.25) is 0 Å². The Bertz CT molecular complexity index is 1340. The molecular weight excluding hydrogens is 441 g/mol. The summed E-state index contributed by atoms with van der Waals surface area (Å²) in [5.41, 5.74) is -1.82. The number of imidazole rings is 1. The molecule has 10 heteroatoms. The summed E-state index contributed by atoms with van der Waals surface area (Å²) >= 11 is -0.239. The van der Waals surface area contributed by atoms with Gasteiger partial charge in [0.2, 0.25) is 5.88 Å². The molecule has 2 aromatic heterocycles. The molecule has 6 nitrogen and oxygen atoms in total. The number of anilines is 1. The first kappa shape index (κ1) is 21.8. The van der Waals surface area contributed by atoms with Crippen LogP contribution in [0.15, 0.2) is 64.4 Å². The summed E-state index contributed by atoms with van der Waals surface area (Å²) in [6.45, 7) is 1.81.